The van der Waals surface area contributed by atoms with Crippen molar-refractivity contribution in [3.63, 3.8) is 0 Å². The highest BCUT2D eigenvalue weighted by atomic mass is 35.5. The van der Waals surface area contributed by atoms with Crippen LogP contribution in [0.15, 0.2) is 71.8 Å². The van der Waals surface area contributed by atoms with Crippen LogP contribution in [0.5, 0.6) is 11.5 Å². The number of carbonyl (C=O) groups excluding carboxylic acids is 2. The summed E-state index contributed by atoms with van der Waals surface area (Å²) < 4.78 is 23.8. The van der Waals surface area contributed by atoms with Crippen molar-refractivity contribution >= 4 is 29.7 Å². The molecule has 0 radical (unpaired) electrons. The topological polar surface area (TPSA) is 77.0 Å². The van der Waals surface area contributed by atoms with Gasteiger partial charge in [-0.3, -0.25) is 4.79 Å². The Morgan fingerprint density at radius 2 is 1.87 bits per heavy atom. The largest absolute Gasteiger partial charge is 0.483 e. The van der Waals surface area contributed by atoms with Crippen molar-refractivity contribution in [2.75, 3.05) is 6.61 Å². The van der Waals surface area contributed by atoms with Crippen LogP contribution in [-0.2, 0) is 4.79 Å². The summed E-state index contributed by atoms with van der Waals surface area (Å²) in [4.78, 5) is 23.9. The number of esters is 1. The molecule has 3 aromatic rings. The number of amides is 1. The number of hydrogen-bond acceptors (Lipinski definition) is 5. The van der Waals surface area contributed by atoms with Gasteiger partial charge in [0.2, 0.25) is 0 Å². The van der Waals surface area contributed by atoms with Crippen molar-refractivity contribution in [3.8, 4) is 11.5 Å². The highest BCUT2D eigenvalue weighted by molar-refractivity contribution is 6.30. The van der Waals surface area contributed by atoms with Crippen molar-refractivity contribution < 1.29 is 23.5 Å². The molecule has 0 aliphatic rings. The molecule has 0 fully saturated rings. The van der Waals surface area contributed by atoms with E-state index < -0.39 is 17.7 Å². The monoisotopic (exact) mass is 440 g/mol. The maximum atomic E-state index is 13.2. The molecule has 6 nitrogen and oxygen atoms in total. The number of aryl methyl sites for hydroxylation is 1. The zero-order valence-electron chi connectivity index (χ0n) is 16.5. The molecule has 3 aromatic carbocycles. The molecule has 158 valence electrons. The number of rotatable bonds is 7. The molecule has 3 rings (SSSR count). The Balaban J connectivity index is 1.47. The minimum atomic E-state index is -0.663. The molecule has 0 atom stereocenters. The van der Waals surface area contributed by atoms with E-state index in [1.807, 2.05) is 6.92 Å². The lowest BCUT2D eigenvalue weighted by Gasteiger charge is -2.08. The zero-order chi connectivity index (χ0) is 22.2. The smallest absolute Gasteiger partial charge is 0.343 e. The van der Waals surface area contributed by atoms with Gasteiger partial charge in [-0.15, -0.1) is 0 Å². The van der Waals surface area contributed by atoms with Gasteiger partial charge in [0.1, 0.15) is 17.3 Å². The van der Waals surface area contributed by atoms with Gasteiger partial charge in [0.25, 0.3) is 5.91 Å². The lowest BCUT2D eigenvalue weighted by atomic mass is 10.2. The van der Waals surface area contributed by atoms with Crippen molar-refractivity contribution in [3.05, 3.63) is 94.3 Å². The number of carbonyl (C=O) groups is 2. The van der Waals surface area contributed by atoms with E-state index in [9.17, 15) is 14.0 Å². The molecule has 0 unspecified atom stereocenters. The minimum absolute atomic E-state index is 0.115. The maximum absolute atomic E-state index is 13.2. The number of nitrogens with zero attached hydrogens (tertiary/aromatic N) is 1. The van der Waals surface area contributed by atoms with Gasteiger partial charge in [-0.05, 0) is 78.7 Å². The molecule has 1 amide bonds. The standard InChI is InChI=1S/C23H18ClFN2O4/c1-15-11-18(24)7-10-21(15)30-14-22(28)27-26-13-16-5-8-20(9-6-16)31-23(29)17-3-2-4-19(25)12-17/h2-13H,14H2,1H3,(H,27,28)/b26-13-. The van der Waals surface area contributed by atoms with Crippen LogP contribution in [0.4, 0.5) is 4.39 Å². The first-order valence-electron chi connectivity index (χ1n) is 9.19. The van der Waals surface area contributed by atoms with Gasteiger partial charge in [-0.25, -0.2) is 14.6 Å². The van der Waals surface area contributed by atoms with Crippen LogP contribution in [0.25, 0.3) is 0 Å². The van der Waals surface area contributed by atoms with Gasteiger partial charge < -0.3 is 9.47 Å². The van der Waals surface area contributed by atoms with E-state index in [-0.39, 0.29) is 12.2 Å². The third kappa shape index (κ3) is 6.65. The van der Waals surface area contributed by atoms with Crippen LogP contribution in [0.2, 0.25) is 5.02 Å². The maximum Gasteiger partial charge on any atom is 0.343 e. The molecular weight excluding hydrogens is 423 g/mol. The fourth-order valence-corrected chi connectivity index (χ4v) is 2.76. The number of halogens is 2. The Kier molecular flexibility index (Phi) is 7.35. The van der Waals surface area contributed by atoms with Crippen LogP contribution in [0.3, 0.4) is 0 Å². The third-order valence-electron chi connectivity index (χ3n) is 4.05. The fourth-order valence-electron chi connectivity index (χ4n) is 2.53. The van der Waals surface area contributed by atoms with Crippen LogP contribution < -0.4 is 14.9 Å². The first-order valence-corrected chi connectivity index (χ1v) is 9.57. The average Bonchev–Trinajstić information content (AvgIpc) is 2.74. The molecular formula is C23H18ClFN2O4. The molecule has 0 saturated carbocycles. The highest BCUT2D eigenvalue weighted by Gasteiger charge is 2.09. The summed E-state index contributed by atoms with van der Waals surface area (Å²) >= 11 is 5.88. The van der Waals surface area contributed by atoms with E-state index in [1.165, 1.54) is 24.4 Å². The van der Waals surface area contributed by atoms with Crippen molar-refractivity contribution in [2.45, 2.75) is 6.92 Å². The van der Waals surface area contributed by atoms with Crippen LogP contribution >= 0.6 is 11.6 Å². The summed E-state index contributed by atoms with van der Waals surface area (Å²) in [6, 6.07) is 16.8. The van der Waals surface area contributed by atoms with E-state index in [1.54, 1.807) is 42.5 Å². The van der Waals surface area contributed by atoms with Crippen molar-refractivity contribution in [1.29, 1.82) is 0 Å². The van der Waals surface area contributed by atoms with Gasteiger partial charge in [-0.2, -0.15) is 5.10 Å². The summed E-state index contributed by atoms with van der Waals surface area (Å²) in [6.45, 7) is 1.63. The lowest BCUT2D eigenvalue weighted by molar-refractivity contribution is -0.123. The first kappa shape index (κ1) is 22.0. The number of ether oxygens (including phenoxy) is 2. The van der Waals surface area contributed by atoms with Gasteiger partial charge in [0.05, 0.1) is 11.8 Å². The number of nitrogens with one attached hydrogen (secondary N) is 1. The Morgan fingerprint density at radius 1 is 1.10 bits per heavy atom. The van der Waals surface area contributed by atoms with Gasteiger partial charge in [-0.1, -0.05) is 17.7 Å². The first-order chi connectivity index (χ1) is 14.9. The highest BCUT2D eigenvalue weighted by Crippen LogP contribution is 2.21. The molecule has 0 aliphatic heterocycles. The molecule has 0 spiro atoms. The fraction of sp³-hybridized carbons (Fsp3) is 0.0870. The van der Waals surface area contributed by atoms with E-state index in [2.05, 4.69) is 10.5 Å². The second-order valence-corrected chi connectivity index (χ2v) is 6.90. The summed E-state index contributed by atoms with van der Waals surface area (Å²) in [6.07, 6.45) is 1.43. The molecule has 31 heavy (non-hydrogen) atoms. The van der Waals surface area contributed by atoms with E-state index in [0.717, 1.165) is 11.6 Å². The SMILES string of the molecule is Cc1cc(Cl)ccc1OCC(=O)N/N=C\c1ccc(OC(=O)c2cccc(F)c2)cc1. The lowest BCUT2D eigenvalue weighted by Crippen LogP contribution is -2.24. The van der Waals surface area contributed by atoms with Crippen LogP contribution in [0, 0.1) is 12.7 Å². The third-order valence-corrected chi connectivity index (χ3v) is 4.28. The number of hydrazone groups is 1. The predicted molar refractivity (Wildman–Crippen MR) is 115 cm³/mol. The molecule has 0 bridgehead atoms. The average molecular weight is 441 g/mol. The Hall–Kier alpha value is -3.71. The van der Waals surface area contributed by atoms with Crippen molar-refractivity contribution in [2.24, 2.45) is 5.10 Å². The van der Waals surface area contributed by atoms with Gasteiger partial charge in [0.15, 0.2) is 6.61 Å². The molecule has 0 aromatic heterocycles. The summed E-state index contributed by atoms with van der Waals surface area (Å²) in [5, 5.41) is 4.45. The van der Waals surface area contributed by atoms with Crippen LogP contribution in [0.1, 0.15) is 21.5 Å². The zero-order valence-corrected chi connectivity index (χ0v) is 17.2. The van der Waals surface area contributed by atoms with E-state index in [0.29, 0.717) is 22.1 Å². The second kappa shape index (κ2) is 10.4. The molecule has 1 N–H and O–H groups in total. The normalized spacial score (nSPS) is 10.7. The van der Waals surface area contributed by atoms with E-state index >= 15 is 0 Å². The predicted octanol–water partition coefficient (Wildman–Crippen LogP) is 4.54. The van der Waals surface area contributed by atoms with Crippen LogP contribution in [-0.4, -0.2) is 24.7 Å². The quantitative estimate of drug-likeness (QED) is 0.253. The molecule has 0 aliphatic carbocycles. The van der Waals surface area contributed by atoms with Gasteiger partial charge >= 0.3 is 5.97 Å². The molecule has 0 saturated heterocycles. The Labute approximate surface area is 183 Å². The Morgan fingerprint density at radius 3 is 2.58 bits per heavy atom. The number of hydrogen-bond donors (Lipinski definition) is 1. The second-order valence-electron chi connectivity index (χ2n) is 6.46. The number of benzene rings is 3. The Bertz CT molecular complexity index is 1120. The summed E-state index contributed by atoms with van der Waals surface area (Å²) in [5.74, 6) is -0.749. The molecule has 0 heterocycles. The van der Waals surface area contributed by atoms with E-state index in [4.69, 9.17) is 21.1 Å². The minimum Gasteiger partial charge on any atom is -0.483 e. The molecule has 8 heteroatoms. The van der Waals surface area contributed by atoms with Crippen molar-refractivity contribution in [1.82, 2.24) is 5.43 Å². The summed E-state index contributed by atoms with van der Waals surface area (Å²) in [5.41, 5.74) is 3.97. The summed E-state index contributed by atoms with van der Waals surface area (Å²) in [7, 11) is 0. The van der Waals surface area contributed by atoms with Gasteiger partial charge in [0, 0.05) is 5.02 Å².